The molecule has 0 saturated carbocycles. The zero-order valence-corrected chi connectivity index (χ0v) is 9.08. The molecule has 1 atom stereocenters. The molecule has 1 aromatic carbocycles. The maximum absolute atomic E-state index is 10.8. The number of nitro benzene ring substituents is 2. The second kappa shape index (κ2) is 4.10. The summed E-state index contributed by atoms with van der Waals surface area (Å²) in [5, 5.41) is 21.5. The molecule has 90 valence electrons. The second-order valence-electron chi connectivity index (χ2n) is 3.92. The lowest BCUT2D eigenvalue weighted by atomic mass is 10.0. The highest BCUT2D eigenvalue weighted by molar-refractivity contribution is 5.53. The number of nitro groups is 2. The Labute approximate surface area is 96.3 Å². The molecule has 0 amide bonds. The van der Waals surface area contributed by atoms with Gasteiger partial charge >= 0.3 is 0 Å². The van der Waals surface area contributed by atoms with Crippen LogP contribution in [0.1, 0.15) is 11.1 Å². The smallest absolute Gasteiger partial charge is 0.279 e. The van der Waals surface area contributed by atoms with Crippen molar-refractivity contribution in [2.75, 3.05) is 6.61 Å². The van der Waals surface area contributed by atoms with Gasteiger partial charge in [-0.05, 0) is 12.5 Å². The lowest BCUT2D eigenvalue weighted by Crippen LogP contribution is -2.02. The van der Waals surface area contributed by atoms with Gasteiger partial charge in [0.05, 0.1) is 28.6 Å². The highest BCUT2D eigenvalue weighted by Crippen LogP contribution is 2.30. The Balaban J connectivity index is 2.47. The predicted molar refractivity (Wildman–Crippen MR) is 57.9 cm³/mol. The molecule has 1 heterocycles. The topological polar surface area (TPSA) is 98.8 Å². The average molecular weight is 238 g/mol. The third kappa shape index (κ3) is 2.39. The molecule has 0 spiro atoms. The van der Waals surface area contributed by atoms with Gasteiger partial charge in [0.2, 0.25) is 0 Å². The minimum atomic E-state index is -0.621. The maximum Gasteiger partial charge on any atom is 0.279 e. The molecule has 2 rings (SSSR count). The van der Waals surface area contributed by atoms with Crippen molar-refractivity contribution >= 4 is 11.4 Å². The number of rotatable bonds is 4. The summed E-state index contributed by atoms with van der Waals surface area (Å²) in [6.45, 7) is 2.20. The molecule has 1 aliphatic heterocycles. The third-order valence-electron chi connectivity index (χ3n) is 2.73. The zero-order valence-electron chi connectivity index (χ0n) is 9.08. The minimum absolute atomic E-state index is 0.0373. The van der Waals surface area contributed by atoms with Gasteiger partial charge in [0, 0.05) is 18.1 Å². The summed E-state index contributed by atoms with van der Waals surface area (Å²) in [5.41, 5.74) is 0.609. The molecule has 0 radical (unpaired) electrons. The van der Waals surface area contributed by atoms with Crippen LogP contribution in [0.3, 0.4) is 0 Å². The SMILES string of the molecule is Cc1c(CC2CO2)cc([N+](=O)[O-])cc1[N+](=O)[O-]. The molecule has 0 N–H and O–H groups in total. The number of epoxide rings is 1. The van der Waals surface area contributed by atoms with E-state index in [2.05, 4.69) is 0 Å². The summed E-state index contributed by atoms with van der Waals surface area (Å²) in [4.78, 5) is 20.3. The Bertz CT molecular complexity index is 496. The van der Waals surface area contributed by atoms with Gasteiger partial charge in [0.1, 0.15) is 0 Å². The van der Waals surface area contributed by atoms with Gasteiger partial charge < -0.3 is 4.74 Å². The zero-order chi connectivity index (χ0) is 12.6. The molecular formula is C10H10N2O5. The molecule has 7 heteroatoms. The molecule has 0 aliphatic carbocycles. The number of benzene rings is 1. The molecule has 1 saturated heterocycles. The Morgan fingerprint density at radius 2 is 2.00 bits per heavy atom. The largest absolute Gasteiger partial charge is 0.373 e. The van der Waals surface area contributed by atoms with E-state index in [4.69, 9.17) is 4.74 Å². The first-order valence-corrected chi connectivity index (χ1v) is 5.03. The lowest BCUT2D eigenvalue weighted by Gasteiger charge is -2.04. The standard InChI is InChI=1S/C10H10N2O5/c1-6-7(3-9-5-17-9)2-8(11(13)14)4-10(6)12(15)16/h2,4,9H,3,5H2,1H3. The van der Waals surface area contributed by atoms with Crippen LogP contribution in [0, 0.1) is 27.2 Å². The van der Waals surface area contributed by atoms with Crippen LogP contribution in [-0.2, 0) is 11.2 Å². The van der Waals surface area contributed by atoms with Gasteiger partial charge in [0.25, 0.3) is 11.4 Å². The van der Waals surface area contributed by atoms with Crippen molar-refractivity contribution in [3.05, 3.63) is 43.5 Å². The van der Waals surface area contributed by atoms with Gasteiger partial charge in [-0.15, -0.1) is 0 Å². The van der Waals surface area contributed by atoms with Gasteiger partial charge in [-0.25, -0.2) is 0 Å². The normalized spacial score (nSPS) is 17.8. The second-order valence-corrected chi connectivity index (χ2v) is 3.92. The summed E-state index contributed by atoms with van der Waals surface area (Å²) in [6, 6.07) is 2.37. The number of hydrogen-bond donors (Lipinski definition) is 0. The highest BCUT2D eigenvalue weighted by Gasteiger charge is 2.27. The van der Waals surface area contributed by atoms with E-state index in [0.29, 0.717) is 24.2 Å². The lowest BCUT2D eigenvalue weighted by molar-refractivity contribution is -0.394. The number of hydrogen-bond acceptors (Lipinski definition) is 5. The van der Waals surface area contributed by atoms with Crippen molar-refractivity contribution in [3.8, 4) is 0 Å². The van der Waals surface area contributed by atoms with Crippen LogP contribution < -0.4 is 0 Å². The van der Waals surface area contributed by atoms with E-state index in [1.807, 2.05) is 0 Å². The van der Waals surface area contributed by atoms with Crippen LogP contribution >= 0.6 is 0 Å². The van der Waals surface area contributed by atoms with E-state index in [0.717, 1.165) is 6.07 Å². The monoisotopic (exact) mass is 238 g/mol. The van der Waals surface area contributed by atoms with Crippen LogP contribution in [0.15, 0.2) is 12.1 Å². The van der Waals surface area contributed by atoms with Crippen molar-refractivity contribution < 1.29 is 14.6 Å². The van der Waals surface area contributed by atoms with E-state index in [-0.39, 0.29) is 17.5 Å². The van der Waals surface area contributed by atoms with Gasteiger partial charge in [0.15, 0.2) is 0 Å². The van der Waals surface area contributed by atoms with Gasteiger partial charge in [-0.2, -0.15) is 0 Å². The van der Waals surface area contributed by atoms with E-state index >= 15 is 0 Å². The summed E-state index contributed by atoms with van der Waals surface area (Å²) < 4.78 is 5.03. The van der Waals surface area contributed by atoms with Gasteiger partial charge in [-0.1, -0.05) is 0 Å². The van der Waals surface area contributed by atoms with Crippen molar-refractivity contribution in [1.82, 2.24) is 0 Å². The molecule has 7 nitrogen and oxygen atoms in total. The summed E-state index contributed by atoms with van der Waals surface area (Å²) in [6.07, 6.45) is 0.518. The summed E-state index contributed by atoms with van der Waals surface area (Å²) in [5.74, 6) is 0. The number of non-ortho nitro benzene ring substituents is 1. The Hall–Kier alpha value is -2.02. The van der Waals surface area contributed by atoms with Crippen LogP contribution in [-0.4, -0.2) is 22.6 Å². The minimum Gasteiger partial charge on any atom is -0.373 e. The van der Waals surface area contributed by atoms with Crippen LogP contribution in [0.25, 0.3) is 0 Å². The Morgan fingerprint density at radius 1 is 1.35 bits per heavy atom. The Morgan fingerprint density at radius 3 is 2.47 bits per heavy atom. The van der Waals surface area contributed by atoms with Gasteiger partial charge in [-0.3, -0.25) is 20.2 Å². The number of nitrogens with zero attached hydrogens (tertiary/aromatic N) is 2. The number of ether oxygens (including phenoxy) is 1. The molecule has 1 unspecified atom stereocenters. The van der Waals surface area contributed by atoms with Crippen molar-refractivity contribution in [2.45, 2.75) is 19.4 Å². The predicted octanol–water partition coefficient (Wildman–Crippen LogP) is 1.75. The molecule has 0 aromatic heterocycles. The van der Waals surface area contributed by atoms with Crippen LogP contribution in [0.4, 0.5) is 11.4 Å². The first-order chi connectivity index (χ1) is 7.99. The summed E-state index contributed by atoms with van der Waals surface area (Å²) in [7, 11) is 0. The third-order valence-corrected chi connectivity index (χ3v) is 2.73. The summed E-state index contributed by atoms with van der Waals surface area (Å²) >= 11 is 0. The van der Waals surface area contributed by atoms with E-state index in [1.165, 1.54) is 6.07 Å². The van der Waals surface area contributed by atoms with E-state index in [9.17, 15) is 20.2 Å². The molecular weight excluding hydrogens is 228 g/mol. The van der Waals surface area contributed by atoms with Crippen molar-refractivity contribution in [3.63, 3.8) is 0 Å². The molecule has 17 heavy (non-hydrogen) atoms. The molecule has 1 aliphatic rings. The fourth-order valence-electron chi connectivity index (χ4n) is 1.68. The first kappa shape index (κ1) is 11.5. The van der Waals surface area contributed by atoms with Crippen LogP contribution in [0.2, 0.25) is 0 Å². The van der Waals surface area contributed by atoms with E-state index in [1.54, 1.807) is 6.92 Å². The molecule has 1 fully saturated rings. The maximum atomic E-state index is 10.8. The fraction of sp³-hybridized carbons (Fsp3) is 0.400. The van der Waals surface area contributed by atoms with Crippen molar-refractivity contribution in [2.24, 2.45) is 0 Å². The average Bonchev–Trinajstić information content (AvgIpc) is 3.04. The Kier molecular flexibility index (Phi) is 2.76. The molecule has 1 aromatic rings. The molecule has 0 bridgehead atoms. The quantitative estimate of drug-likeness (QED) is 0.452. The van der Waals surface area contributed by atoms with E-state index < -0.39 is 9.85 Å². The first-order valence-electron chi connectivity index (χ1n) is 5.03. The van der Waals surface area contributed by atoms with Crippen LogP contribution in [0.5, 0.6) is 0 Å². The van der Waals surface area contributed by atoms with Crippen molar-refractivity contribution in [1.29, 1.82) is 0 Å². The fourth-order valence-corrected chi connectivity index (χ4v) is 1.68. The highest BCUT2D eigenvalue weighted by atomic mass is 16.6.